The van der Waals surface area contributed by atoms with Crippen molar-refractivity contribution >= 4 is 54.7 Å². The summed E-state index contributed by atoms with van der Waals surface area (Å²) in [7, 11) is 0. The Balaban J connectivity index is 1.90. The van der Waals surface area contributed by atoms with Crippen LogP contribution < -0.4 is 3.07 Å². The number of thioether (sulfide) groups is 1. The Bertz CT molecular complexity index is 748. The van der Waals surface area contributed by atoms with Crippen molar-refractivity contribution in [3.05, 3.63) is 71.1 Å². The molecular weight excluding hydrogens is 503 g/mol. The molecule has 2 aromatic carbocycles. The van der Waals surface area contributed by atoms with Crippen molar-refractivity contribution in [3.8, 4) is 5.75 Å². The summed E-state index contributed by atoms with van der Waals surface area (Å²) in [6.45, 7) is 4.51. The Morgan fingerprint density at radius 2 is 1.69 bits per heavy atom. The van der Waals surface area contributed by atoms with Crippen LogP contribution in [0.4, 0.5) is 0 Å². The second-order valence-electron chi connectivity index (χ2n) is 6.79. The van der Waals surface area contributed by atoms with E-state index in [1.165, 1.54) is 40.1 Å². The number of hydrogen-bond donors (Lipinski definition) is 0. The van der Waals surface area contributed by atoms with E-state index in [0.29, 0.717) is 4.32 Å². The summed E-state index contributed by atoms with van der Waals surface area (Å²) in [5, 5.41) is 4.25. The van der Waals surface area contributed by atoms with Crippen molar-refractivity contribution in [2.45, 2.75) is 54.2 Å². The SMILES string of the molecule is CCC[CH2][Sn]([CH2]CCC)[O]c1ccccc1C=N[N-]C(=[SH+])SCc1ccccc1. The molecule has 155 valence electrons. The number of thiol groups is 1. The first-order valence-corrected chi connectivity index (χ1v) is 16.9. The van der Waals surface area contributed by atoms with Crippen LogP contribution in [-0.4, -0.2) is 30.7 Å². The molecule has 0 N–H and O–H groups in total. The molecule has 0 aromatic heterocycles. The Kier molecular flexibility index (Phi) is 12.4. The monoisotopic (exact) mass is 535 g/mol. The van der Waals surface area contributed by atoms with E-state index in [-0.39, 0.29) is 0 Å². The maximum atomic E-state index is 6.55. The van der Waals surface area contributed by atoms with Crippen LogP contribution >= 0.6 is 11.8 Å². The Morgan fingerprint density at radius 3 is 2.38 bits per heavy atom. The first kappa shape index (κ1) is 24.2. The molecule has 0 aliphatic carbocycles. The first-order chi connectivity index (χ1) is 14.2. The number of nitrogens with zero attached hydrogens (tertiary/aromatic N) is 2. The third-order valence-corrected chi connectivity index (χ3v) is 12.3. The van der Waals surface area contributed by atoms with Gasteiger partial charge < -0.3 is 0 Å². The molecule has 0 saturated carbocycles. The minimum absolute atomic E-state index is 0.658. The zero-order chi connectivity index (χ0) is 20.7. The van der Waals surface area contributed by atoms with E-state index in [0.717, 1.165) is 17.1 Å². The van der Waals surface area contributed by atoms with E-state index in [1.54, 1.807) is 18.0 Å². The molecule has 3 nitrogen and oxygen atoms in total. The van der Waals surface area contributed by atoms with Crippen molar-refractivity contribution in [1.29, 1.82) is 0 Å². The van der Waals surface area contributed by atoms with Gasteiger partial charge in [-0.15, -0.1) is 0 Å². The van der Waals surface area contributed by atoms with Crippen LogP contribution in [0.2, 0.25) is 8.87 Å². The van der Waals surface area contributed by atoms with Crippen molar-refractivity contribution in [2.75, 3.05) is 0 Å². The summed E-state index contributed by atoms with van der Waals surface area (Å²) in [5.41, 5.74) is 6.47. The fourth-order valence-electron chi connectivity index (χ4n) is 2.70. The maximum absolute atomic E-state index is 6.55. The average Bonchev–Trinajstić information content (AvgIpc) is 2.76. The molecule has 6 heteroatoms. The number of unbranched alkanes of at least 4 members (excludes halogenated alkanes) is 2. The van der Waals surface area contributed by atoms with Crippen LogP contribution in [0.1, 0.15) is 50.7 Å². The molecule has 0 aliphatic rings. The third kappa shape index (κ3) is 10.0. The van der Waals surface area contributed by atoms with Gasteiger partial charge in [0.25, 0.3) is 0 Å². The van der Waals surface area contributed by atoms with Gasteiger partial charge in [-0.25, -0.2) is 0 Å². The molecule has 1 radical (unpaired) electrons. The van der Waals surface area contributed by atoms with E-state index in [9.17, 15) is 0 Å². The molecule has 0 saturated heterocycles. The number of benzene rings is 2. The quantitative estimate of drug-likeness (QED) is 0.0762. The molecule has 0 aliphatic heterocycles. The Hall–Kier alpha value is -1.05. The number of rotatable bonds is 12. The molecule has 0 fully saturated rings. The van der Waals surface area contributed by atoms with Crippen LogP contribution in [0.15, 0.2) is 59.7 Å². The predicted octanol–water partition coefficient (Wildman–Crippen LogP) is 6.66. The van der Waals surface area contributed by atoms with Gasteiger partial charge in [-0.1, -0.05) is 6.07 Å². The fraction of sp³-hybridized carbons (Fsp3) is 0.391. The summed E-state index contributed by atoms with van der Waals surface area (Å²) < 4.78 is 9.79. The minimum atomic E-state index is -1.86. The summed E-state index contributed by atoms with van der Waals surface area (Å²) >= 11 is 4.16. The van der Waals surface area contributed by atoms with E-state index in [1.807, 2.05) is 36.4 Å². The normalized spacial score (nSPS) is 11.1. The molecule has 0 heterocycles. The van der Waals surface area contributed by atoms with Gasteiger partial charge >= 0.3 is 188 Å². The van der Waals surface area contributed by atoms with E-state index < -0.39 is 20.2 Å². The van der Waals surface area contributed by atoms with E-state index >= 15 is 0 Å². The van der Waals surface area contributed by atoms with Crippen LogP contribution in [0, 0.1) is 0 Å². The van der Waals surface area contributed by atoms with Gasteiger partial charge in [0, 0.05) is 0 Å². The molecule has 2 rings (SSSR count). The average molecular weight is 534 g/mol. The van der Waals surface area contributed by atoms with Gasteiger partial charge in [0.05, 0.1) is 0 Å². The fourth-order valence-corrected chi connectivity index (χ4v) is 10.5. The Labute approximate surface area is 193 Å². The second kappa shape index (κ2) is 14.9. The van der Waals surface area contributed by atoms with Crippen molar-refractivity contribution in [3.63, 3.8) is 0 Å². The Morgan fingerprint density at radius 1 is 1.03 bits per heavy atom. The molecule has 0 unspecified atom stereocenters. The summed E-state index contributed by atoms with van der Waals surface area (Å²) in [6.07, 6.45) is 6.82. The molecule has 0 spiro atoms. The topological polar surface area (TPSA) is 35.7 Å². The van der Waals surface area contributed by atoms with Gasteiger partial charge in [0.1, 0.15) is 0 Å². The predicted molar refractivity (Wildman–Crippen MR) is 135 cm³/mol. The molecule has 0 amide bonds. The summed E-state index contributed by atoms with van der Waals surface area (Å²) in [5.74, 6) is 1.80. The molecule has 2 aromatic rings. The zero-order valence-electron chi connectivity index (χ0n) is 17.4. The van der Waals surface area contributed by atoms with Crippen LogP contribution in [-0.2, 0) is 18.0 Å². The van der Waals surface area contributed by atoms with Gasteiger partial charge in [-0.05, 0) is 0 Å². The molecule has 29 heavy (non-hydrogen) atoms. The van der Waals surface area contributed by atoms with E-state index in [2.05, 4.69) is 54.8 Å². The first-order valence-electron chi connectivity index (χ1n) is 10.3. The summed E-state index contributed by atoms with van der Waals surface area (Å²) in [4.78, 5) is 0. The third-order valence-electron chi connectivity index (χ3n) is 4.34. The molecular formula is C23H31N2OS2Sn. The van der Waals surface area contributed by atoms with Crippen LogP contribution in [0.5, 0.6) is 5.75 Å². The zero-order valence-corrected chi connectivity index (χ0v) is 21.9. The van der Waals surface area contributed by atoms with Gasteiger partial charge in [0.2, 0.25) is 0 Å². The van der Waals surface area contributed by atoms with Gasteiger partial charge in [-0.3, -0.25) is 0 Å². The summed E-state index contributed by atoms with van der Waals surface area (Å²) in [6, 6.07) is 18.5. The number of hydrogen-bond acceptors (Lipinski definition) is 3. The molecule has 0 bridgehead atoms. The van der Waals surface area contributed by atoms with Crippen molar-refractivity contribution < 1.29 is 3.07 Å². The van der Waals surface area contributed by atoms with Gasteiger partial charge in [-0.2, -0.15) is 0 Å². The van der Waals surface area contributed by atoms with Crippen LogP contribution in [0.25, 0.3) is 5.43 Å². The standard InChI is InChI=1S/C15H14N2OS2.2C4H9.Sn/c18-14-9-5-4-8-13(14)10-16-17-15(19)20-11-12-6-2-1-3-7-12;2*1-3-4-2;/h1-10H,11H2,(H2,16,17,18,19);2*1,3-4H2,2H3;/q;;;+1/p-1. The van der Waals surface area contributed by atoms with E-state index in [4.69, 9.17) is 3.07 Å². The number of para-hydroxylation sites is 1. The van der Waals surface area contributed by atoms with Crippen molar-refractivity contribution in [1.82, 2.24) is 0 Å². The van der Waals surface area contributed by atoms with Crippen molar-refractivity contribution in [2.24, 2.45) is 5.10 Å². The van der Waals surface area contributed by atoms with Gasteiger partial charge in [0.15, 0.2) is 0 Å². The molecule has 0 atom stereocenters. The van der Waals surface area contributed by atoms with Crippen LogP contribution in [0.3, 0.4) is 0 Å². The second-order valence-corrected chi connectivity index (χ2v) is 15.0.